The van der Waals surface area contributed by atoms with Crippen LogP contribution >= 0.6 is 12.6 Å². The van der Waals surface area contributed by atoms with Crippen molar-refractivity contribution in [2.24, 2.45) is 0 Å². The molecule has 0 aromatic heterocycles. The average Bonchev–Trinajstić information content (AvgIpc) is 2.48. The SMILES string of the molecule is CC(C)NCCc1ccc(C2CCN(CS)CC2)cc1. The fraction of sp³-hybridized carbons (Fsp3) is 0.647. The zero-order valence-electron chi connectivity index (χ0n) is 12.8. The maximum atomic E-state index is 4.36. The van der Waals surface area contributed by atoms with Crippen molar-refractivity contribution in [3.63, 3.8) is 0 Å². The molecule has 1 aromatic carbocycles. The molecule has 0 bridgehead atoms. The molecule has 1 fully saturated rings. The maximum Gasteiger partial charge on any atom is 0.0414 e. The highest BCUT2D eigenvalue weighted by Gasteiger charge is 2.19. The van der Waals surface area contributed by atoms with Gasteiger partial charge in [0, 0.05) is 11.9 Å². The van der Waals surface area contributed by atoms with Crippen LogP contribution in [0, 0.1) is 0 Å². The van der Waals surface area contributed by atoms with Crippen LogP contribution in [0.5, 0.6) is 0 Å². The van der Waals surface area contributed by atoms with Crippen molar-refractivity contribution in [1.82, 2.24) is 10.2 Å². The van der Waals surface area contributed by atoms with Crippen LogP contribution in [0.3, 0.4) is 0 Å². The molecule has 1 aliphatic heterocycles. The van der Waals surface area contributed by atoms with Crippen LogP contribution in [0.2, 0.25) is 0 Å². The molecule has 1 aromatic rings. The second-order valence-corrected chi connectivity index (χ2v) is 6.42. The van der Waals surface area contributed by atoms with E-state index < -0.39 is 0 Å². The Morgan fingerprint density at radius 3 is 2.40 bits per heavy atom. The van der Waals surface area contributed by atoms with Crippen molar-refractivity contribution in [2.75, 3.05) is 25.5 Å². The van der Waals surface area contributed by atoms with E-state index in [1.807, 2.05) is 0 Å². The first-order valence-corrected chi connectivity index (χ1v) is 8.47. The lowest BCUT2D eigenvalue weighted by Gasteiger charge is -2.31. The smallest absolute Gasteiger partial charge is 0.0414 e. The van der Waals surface area contributed by atoms with Gasteiger partial charge in [-0.15, -0.1) is 0 Å². The van der Waals surface area contributed by atoms with Crippen LogP contribution in [0.4, 0.5) is 0 Å². The van der Waals surface area contributed by atoms with Gasteiger partial charge in [-0.25, -0.2) is 0 Å². The molecule has 0 unspecified atom stereocenters. The lowest BCUT2D eigenvalue weighted by atomic mass is 9.89. The Labute approximate surface area is 129 Å². The molecule has 112 valence electrons. The highest BCUT2D eigenvalue weighted by molar-refractivity contribution is 7.80. The number of likely N-dealkylation sites (tertiary alicyclic amines) is 1. The third-order valence-electron chi connectivity index (χ3n) is 4.20. The van der Waals surface area contributed by atoms with Gasteiger partial charge < -0.3 is 5.32 Å². The Hall–Kier alpha value is -0.510. The summed E-state index contributed by atoms with van der Waals surface area (Å²) in [4.78, 5) is 2.42. The van der Waals surface area contributed by atoms with Crippen LogP contribution < -0.4 is 5.32 Å². The molecule has 1 saturated heterocycles. The van der Waals surface area contributed by atoms with Crippen LogP contribution in [0.15, 0.2) is 24.3 Å². The molecule has 20 heavy (non-hydrogen) atoms. The standard InChI is InChI=1S/C17H28N2S/c1-14(2)18-10-7-15-3-5-16(6-4-15)17-8-11-19(13-20)12-9-17/h3-6,14,17-18,20H,7-13H2,1-2H3. The van der Waals surface area contributed by atoms with E-state index in [4.69, 9.17) is 0 Å². The second kappa shape index (κ2) is 8.06. The van der Waals surface area contributed by atoms with Gasteiger partial charge in [0.15, 0.2) is 0 Å². The van der Waals surface area contributed by atoms with Crippen LogP contribution in [0.1, 0.15) is 43.7 Å². The third kappa shape index (κ3) is 4.80. The Balaban J connectivity index is 1.82. The van der Waals surface area contributed by atoms with E-state index in [-0.39, 0.29) is 0 Å². The molecule has 0 radical (unpaired) electrons. The fourth-order valence-corrected chi connectivity index (χ4v) is 3.15. The summed E-state index contributed by atoms with van der Waals surface area (Å²) in [5.74, 6) is 1.64. The van der Waals surface area contributed by atoms with Crippen LogP contribution in [0.25, 0.3) is 0 Å². The number of rotatable bonds is 6. The van der Waals surface area contributed by atoms with Gasteiger partial charge >= 0.3 is 0 Å². The summed E-state index contributed by atoms with van der Waals surface area (Å²) in [5, 5.41) is 3.47. The summed E-state index contributed by atoms with van der Waals surface area (Å²) < 4.78 is 0. The van der Waals surface area contributed by atoms with Crippen molar-refractivity contribution in [3.8, 4) is 0 Å². The number of nitrogens with zero attached hydrogens (tertiary/aromatic N) is 1. The normalized spacial score (nSPS) is 17.8. The number of piperidine rings is 1. The van der Waals surface area contributed by atoms with E-state index >= 15 is 0 Å². The van der Waals surface area contributed by atoms with Crippen molar-refractivity contribution in [3.05, 3.63) is 35.4 Å². The highest BCUT2D eigenvalue weighted by atomic mass is 32.1. The summed E-state index contributed by atoms with van der Waals surface area (Å²) in [7, 11) is 0. The first kappa shape index (κ1) is 15.9. The molecular weight excluding hydrogens is 264 g/mol. The summed E-state index contributed by atoms with van der Waals surface area (Å²) in [6, 6.07) is 9.87. The van der Waals surface area contributed by atoms with Gasteiger partial charge in [0.1, 0.15) is 0 Å². The second-order valence-electron chi connectivity index (χ2n) is 6.13. The van der Waals surface area contributed by atoms with Crippen LogP contribution in [-0.4, -0.2) is 36.5 Å². The minimum atomic E-state index is 0.575. The molecule has 1 N–H and O–H groups in total. The largest absolute Gasteiger partial charge is 0.314 e. The lowest BCUT2D eigenvalue weighted by Crippen LogP contribution is -2.31. The third-order valence-corrected chi connectivity index (χ3v) is 4.60. The molecule has 2 nitrogen and oxygen atoms in total. The van der Waals surface area contributed by atoms with Gasteiger partial charge in [-0.3, -0.25) is 4.90 Å². The van der Waals surface area contributed by atoms with Crippen molar-refractivity contribution < 1.29 is 0 Å². The molecule has 0 saturated carbocycles. The molecule has 0 atom stereocenters. The van der Waals surface area contributed by atoms with Gasteiger partial charge in [-0.1, -0.05) is 38.1 Å². The number of hydrogen-bond donors (Lipinski definition) is 2. The monoisotopic (exact) mass is 292 g/mol. The zero-order chi connectivity index (χ0) is 14.4. The van der Waals surface area contributed by atoms with E-state index in [9.17, 15) is 0 Å². The minimum Gasteiger partial charge on any atom is -0.314 e. The first-order chi connectivity index (χ1) is 9.69. The van der Waals surface area contributed by atoms with Crippen LogP contribution in [-0.2, 0) is 6.42 Å². The Bertz CT molecular complexity index is 380. The average molecular weight is 292 g/mol. The predicted octanol–water partition coefficient (Wildman–Crippen LogP) is 3.29. The maximum absolute atomic E-state index is 4.36. The lowest BCUT2D eigenvalue weighted by molar-refractivity contribution is 0.246. The molecule has 0 spiro atoms. The van der Waals surface area contributed by atoms with Gasteiger partial charge in [-0.2, -0.15) is 12.6 Å². The topological polar surface area (TPSA) is 15.3 Å². The summed E-state index contributed by atoms with van der Waals surface area (Å²) >= 11 is 4.36. The van der Waals surface area contributed by atoms with Gasteiger partial charge in [0.05, 0.1) is 0 Å². The Kier molecular flexibility index (Phi) is 6.40. The van der Waals surface area contributed by atoms with E-state index in [0.29, 0.717) is 6.04 Å². The molecule has 3 heteroatoms. The quantitative estimate of drug-likeness (QED) is 0.782. The minimum absolute atomic E-state index is 0.575. The highest BCUT2D eigenvalue weighted by Crippen LogP contribution is 2.28. The molecule has 0 aliphatic carbocycles. The number of hydrogen-bond acceptors (Lipinski definition) is 3. The molecular formula is C17H28N2S. The summed E-state index contributed by atoms with van der Waals surface area (Å²) in [6.07, 6.45) is 3.67. The Morgan fingerprint density at radius 1 is 1.20 bits per heavy atom. The van der Waals surface area contributed by atoms with E-state index in [1.165, 1.54) is 37.1 Å². The van der Waals surface area contributed by atoms with E-state index in [0.717, 1.165) is 24.8 Å². The van der Waals surface area contributed by atoms with Gasteiger partial charge in [-0.05, 0) is 55.9 Å². The van der Waals surface area contributed by atoms with Gasteiger partial charge in [0.2, 0.25) is 0 Å². The molecule has 2 rings (SSSR count). The number of benzene rings is 1. The molecule has 0 amide bonds. The van der Waals surface area contributed by atoms with E-state index in [2.05, 4.69) is 61.0 Å². The van der Waals surface area contributed by atoms with E-state index in [1.54, 1.807) is 0 Å². The Morgan fingerprint density at radius 2 is 1.85 bits per heavy atom. The van der Waals surface area contributed by atoms with Crippen molar-refractivity contribution in [1.29, 1.82) is 0 Å². The zero-order valence-corrected chi connectivity index (χ0v) is 13.7. The molecule has 1 aliphatic rings. The van der Waals surface area contributed by atoms with Gasteiger partial charge in [0.25, 0.3) is 0 Å². The first-order valence-electron chi connectivity index (χ1n) is 7.84. The fourth-order valence-electron chi connectivity index (χ4n) is 2.87. The molecule has 1 heterocycles. The number of thiol groups is 1. The van der Waals surface area contributed by atoms with Crippen molar-refractivity contribution >= 4 is 12.6 Å². The van der Waals surface area contributed by atoms with Crippen molar-refractivity contribution in [2.45, 2.75) is 45.1 Å². The number of nitrogens with one attached hydrogen (secondary N) is 1. The summed E-state index contributed by atoms with van der Waals surface area (Å²) in [6.45, 7) is 7.83. The summed E-state index contributed by atoms with van der Waals surface area (Å²) in [5.41, 5.74) is 2.96. The predicted molar refractivity (Wildman–Crippen MR) is 90.7 cm³/mol.